The molecule has 0 saturated heterocycles. The van der Waals surface area contributed by atoms with Crippen molar-refractivity contribution in [2.45, 2.75) is 32.6 Å². The second-order valence-electron chi connectivity index (χ2n) is 6.42. The minimum Gasteiger partial charge on any atom is -0.455 e. The van der Waals surface area contributed by atoms with Gasteiger partial charge in [0, 0.05) is 6.42 Å². The summed E-state index contributed by atoms with van der Waals surface area (Å²) < 4.78 is 5.85. The molecule has 0 bridgehead atoms. The Hall–Kier alpha value is -2.89. The summed E-state index contributed by atoms with van der Waals surface area (Å²) in [5.74, 6) is 0.893. The van der Waals surface area contributed by atoms with Crippen LogP contribution in [0.15, 0.2) is 52.9 Å². The lowest BCUT2D eigenvalue weighted by Gasteiger charge is -2.20. The average Bonchev–Trinajstić information content (AvgIpc) is 2.53. The maximum Gasteiger partial charge on any atom is 0.332 e. The van der Waals surface area contributed by atoms with Crippen molar-refractivity contribution in [1.29, 1.82) is 0 Å². The van der Waals surface area contributed by atoms with Crippen molar-refractivity contribution in [2.24, 2.45) is 10.8 Å². The van der Waals surface area contributed by atoms with E-state index in [1.54, 1.807) is 12.2 Å². The first-order valence-corrected chi connectivity index (χ1v) is 7.58. The number of ether oxygens (including phenoxy) is 1. The molecule has 1 aromatic carbocycles. The van der Waals surface area contributed by atoms with Gasteiger partial charge in [-0.25, -0.2) is 10.2 Å². The van der Waals surface area contributed by atoms with Crippen LogP contribution in [-0.4, -0.2) is 18.0 Å². The molecule has 0 aliphatic heterocycles. The molecule has 0 fully saturated rings. The number of amides is 2. The number of hydrogen-bond acceptors (Lipinski definition) is 4. The molecular weight excluding hydrogens is 306 g/mol. The van der Waals surface area contributed by atoms with E-state index in [9.17, 15) is 9.59 Å². The molecule has 126 valence electrons. The number of nitrogens with zero attached hydrogens (tertiary/aromatic N) is 1. The van der Waals surface area contributed by atoms with E-state index in [0.717, 1.165) is 0 Å². The third-order valence-electron chi connectivity index (χ3n) is 3.50. The summed E-state index contributed by atoms with van der Waals surface area (Å²) in [6.07, 6.45) is 4.54. The zero-order valence-electron chi connectivity index (χ0n) is 14.0. The second-order valence-corrected chi connectivity index (χ2v) is 6.42. The maximum atomic E-state index is 11.3. The van der Waals surface area contributed by atoms with Gasteiger partial charge in [0.15, 0.2) is 12.0 Å². The molecule has 0 spiro atoms. The quantitative estimate of drug-likeness (QED) is 0.657. The SMILES string of the molecule is CC(C)(C)c1ccc(OC2=C(C=O)C=CCC2=NNC(N)=O)cc1. The minimum atomic E-state index is -0.779. The fourth-order valence-corrected chi connectivity index (χ4v) is 2.20. The van der Waals surface area contributed by atoms with Crippen LogP contribution in [0.3, 0.4) is 0 Å². The van der Waals surface area contributed by atoms with E-state index in [-0.39, 0.29) is 5.41 Å². The lowest BCUT2D eigenvalue weighted by molar-refractivity contribution is -0.104. The number of benzene rings is 1. The highest BCUT2D eigenvalue weighted by atomic mass is 16.5. The average molecular weight is 327 g/mol. The lowest BCUT2D eigenvalue weighted by Crippen LogP contribution is -2.27. The first-order valence-electron chi connectivity index (χ1n) is 7.58. The van der Waals surface area contributed by atoms with Crippen molar-refractivity contribution in [1.82, 2.24) is 5.43 Å². The van der Waals surface area contributed by atoms with Gasteiger partial charge in [0.25, 0.3) is 0 Å². The van der Waals surface area contributed by atoms with Gasteiger partial charge in [-0.1, -0.05) is 45.1 Å². The van der Waals surface area contributed by atoms with E-state index in [2.05, 4.69) is 31.3 Å². The number of urea groups is 1. The smallest absolute Gasteiger partial charge is 0.332 e. The summed E-state index contributed by atoms with van der Waals surface area (Å²) in [7, 11) is 0. The summed E-state index contributed by atoms with van der Waals surface area (Å²) in [4.78, 5) is 22.1. The standard InChI is InChI=1S/C18H21N3O3/c1-18(2,3)13-7-9-14(10-8-13)24-16-12(11-22)5-4-6-15(16)20-21-17(19)23/h4-5,7-11H,6H2,1-3H3,(H3,19,21,23). The monoisotopic (exact) mass is 327 g/mol. The van der Waals surface area contributed by atoms with Crippen LogP contribution < -0.4 is 15.9 Å². The van der Waals surface area contributed by atoms with Gasteiger partial charge in [-0.2, -0.15) is 5.10 Å². The molecule has 1 aromatic rings. The molecule has 6 nitrogen and oxygen atoms in total. The minimum absolute atomic E-state index is 0.0390. The first kappa shape index (κ1) is 17.5. The Labute approximate surface area is 141 Å². The Morgan fingerprint density at radius 3 is 2.50 bits per heavy atom. The molecule has 24 heavy (non-hydrogen) atoms. The molecule has 1 aliphatic rings. The highest BCUT2D eigenvalue weighted by molar-refractivity contribution is 6.06. The van der Waals surface area contributed by atoms with Crippen LogP contribution in [0.4, 0.5) is 4.79 Å². The zero-order chi connectivity index (χ0) is 17.7. The van der Waals surface area contributed by atoms with Crippen LogP contribution in [0, 0.1) is 0 Å². The van der Waals surface area contributed by atoms with Crippen LogP contribution in [0.2, 0.25) is 0 Å². The van der Waals surface area contributed by atoms with Gasteiger partial charge < -0.3 is 10.5 Å². The van der Waals surface area contributed by atoms with Crippen molar-refractivity contribution in [3.63, 3.8) is 0 Å². The van der Waals surface area contributed by atoms with Gasteiger partial charge in [0.2, 0.25) is 0 Å². The third kappa shape index (κ3) is 4.32. The van der Waals surface area contributed by atoms with E-state index in [1.807, 2.05) is 24.3 Å². The summed E-state index contributed by atoms with van der Waals surface area (Å²) in [6.45, 7) is 6.38. The third-order valence-corrected chi connectivity index (χ3v) is 3.50. The number of hydrazone groups is 1. The van der Waals surface area contributed by atoms with Gasteiger partial charge in [-0.15, -0.1) is 0 Å². The number of carbonyl (C=O) groups is 2. The number of carbonyl (C=O) groups excluding carboxylic acids is 2. The number of nitrogens with two attached hydrogens (primary N) is 1. The topological polar surface area (TPSA) is 93.8 Å². The Morgan fingerprint density at radius 1 is 1.29 bits per heavy atom. The molecule has 2 rings (SSSR count). The van der Waals surface area contributed by atoms with E-state index >= 15 is 0 Å². The fourth-order valence-electron chi connectivity index (χ4n) is 2.20. The molecule has 0 radical (unpaired) electrons. The van der Waals surface area contributed by atoms with Crippen molar-refractivity contribution in [3.05, 3.63) is 53.3 Å². The van der Waals surface area contributed by atoms with E-state index in [0.29, 0.717) is 35.5 Å². The van der Waals surface area contributed by atoms with Gasteiger partial charge in [-0.3, -0.25) is 4.79 Å². The van der Waals surface area contributed by atoms with Crippen LogP contribution >= 0.6 is 0 Å². The number of nitrogens with one attached hydrogen (secondary N) is 1. The Bertz CT molecular complexity index is 723. The number of primary amides is 1. The highest BCUT2D eigenvalue weighted by Gasteiger charge is 2.19. The summed E-state index contributed by atoms with van der Waals surface area (Å²) >= 11 is 0. The molecule has 0 unspecified atom stereocenters. The Balaban J connectivity index is 2.30. The summed E-state index contributed by atoms with van der Waals surface area (Å²) in [5, 5.41) is 3.91. The first-order chi connectivity index (χ1) is 11.3. The normalized spacial score (nSPS) is 16.2. The molecule has 0 heterocycles. The molecule has 0 aromatic heterocycles. The number of rotatable bonds is 4. The van der Waals surface area contributed by atoms with Crippen molar-refractivity contribution >= 4 is 18.0 Å². The molecular formula is C18H21N3O3. The van der Waals surface area contributed by atoms with E-state index in [4.69, 9.17) is 10.5 Å². The van der Waals surface area contributed by atoms with Crippen LogP contribution in [0.5, 0.6) is 5.75 Å². The van der Waals surface area contributed by atoms with Crippen LogP contribution in [0.25, 0.3) is 0 Å². The Morgan fingerprint density at radius 2 is 1.96 bits per heavy atom. The van der Waals surface area contributed by atoms with Crippen LogP contribution in [-0.2, 0) is 10.2 Å². The van der Waals surface area contributed by atoms with Crippen molar-refractivity contribution < 1.29 is 14.3 Å². The number of allylic oxidation sites excluding steroid dienone is 4. The van der Waals surface area contributed by atoms with Crippen LogP contribution in [0.1, 0.15) is 32.8 Å². The Kier molecular flexibility index (Phi) is 5.18. The van der Waals surface area contributed by atoms with E-state index < -0.39 is 6.03 Å². The van der Waals surface area contributed by atoms with Gasteiger partial charge in [0.05, 0.1) is 5.57 Å². The van der Waals surface area contributed by atoms with Gasteiger partial charge in [0.1, 0.15) is 11.5 Å². The highest BCUT2D eigenvalue weighted by Crippen LogP contribution is 2.26. The molecule has 1 aliphatic carbocycles. The lowest BCUT2D eigenvalue weighted by atomic mass is 9.87. The predicted octanol–water partition coefficient (Wildman–Crippen LogP) is 2.80. The molecule has 0 saturated carbocycles. The van der Waals surface area contributed by atoms with Gasteiger partial charge >= 0.3 is 6.03 Å². The summed E-state index contributed by atoms with van der Waals surface area (Å²) in [5.41, 5.74) is 9.19. The predicted molar refractivity (Wildman–Crippen MR) is 92.8 cm³/mol. The number of hydrogen-bond donors (Lipinski definition) is 2. The molecule has 6 heteroatoms. The summed E-state index contributed by atoms with van der Waals surface area (Å²) in [6, 6.07) is 6.86. The second kappa shape index (κ2) is 7.12. The maximum absolute atomic E-state index is 11.3. The largest absolute Gasteiger partial charge is 0.455 e. The zero-order valence-corrected chi connectivity index (χ0v) is 14.0. The fraction of sp³-hybridized carbons (Fsp3) is 0.278. The molecule has 3 N–H and O–H groups in total. The van der Waals surface area contributed by atoms with E-state index in [1.165, 1.54) is 5.56 Å². The van der Waals surface area contributed by atoms with Gasteiger partial charge in [-0.05, 0) is 23.1 Å². The van der Waals surface area contributed by atoms with Crippen molar-refractivity contribution in [2.75, 3.05) is 0 Å². The molecule has 0 atom stereocenters. The van der Waals surface area contributed by atoms with Crippen molar-refractivity contribution in [3.8, 4) is 5.75 Å². The number of aldehydes is 1. The molecule has 2 amide bonds.